The number of nitrogens with zero attached hydrogens (tertiary/aromatic N) is 4. The number of aromatic nitrogens is 3. The van der Waals surface area contributed by atoms with Crippen molar-refractivity contribution in [3.05, 3.63) is 34.9 Å². The molecular formula is C19H22N4O5S. The monoisotopic (exact) mass is 418 g/mol. The number of fused-ring (bicyclic) bond motifs is 1. The van der Waals surface area contributed by atoms with E-state index in [1.54, 1.807) is 40.8 Å². The zero-order valence-electron chi connectivity index (χ0n) is 16.8. The number of benzene rings is 1. The van der Waals surface area contributed by atoms with E-state index >= 15 is 0 Å². The molecule has 9 nitrogen and oxygen atoms in total. The average molecular weight is 418 g/mol. The van der Waals surface area contributed by atoms with Gasteiger partial charge in [-0.3, -0.25) is 14.3 Å². The van der Waals surface area contributed by atoms with Crippen molar-refractivity contribution in [3.63, 3.8) is 0 Å². The van der Waals surface area contributed by atoms with Crippen LogP contribution < -0.4 is 14.3 Å². The Bertz CT molecular complexity index is 1130. The van der Waals surface area contributed by atoms with Crippen molar-refractivity contribution in [2.75, 3.05) is 21.3 Å². The fraction of sp³-hybridized carbons (Fsp3) is 0.368. The lowest BCUT2D eigenvalue weighted by Crippen LogP contribution is -2.22. The topological polar surface area (TPSA) is 96.9 Å². The summed E-state index contributed by atoms with van der Waals surface area (Å²) >= 11 is 1.22. The molecule has 0 radical (unpaired) electrons. The third-order valence-electron chi connectivity index (χ3n) is 4.26. The highest BCUT2D eigenvalue weighted by Crippen LogP contribution is 2.35. The Labute approximate surface area is 171 Å². The molecule has 0 aliphatic rings. The smallest absolute Gasteiger partial charge is 0.325 e. The van der Waals surface area contributed by atoms with Crippen LogP contribution in [0.4, 0.5) is 0 Å². The summed E-state index contributed by atoms with van der Waals surface area (Å²) in [6, 6.07) is 5.23. The Kier molecular flexibility index (Phi) is 6.02. The number of hydrogen-bond acceptors (Lipinski definition) is 7. The van der Waals surface area contributed by atoms with Crippen molar-refractivity contribution in [3.8, 4) is 11.5 Å². The first-order valence-corrected chi connectivity index (χ1v) is 9.66. The van der Waals surface area contributed by atoms with Crippen molar-refractivity contribution in [2.45, 2.75) is 26.4 Å². The number of ether oxygens (including phenoxy) is 3. The van der Waals surface area contributed by atoms with Crippen molar-refractivity contribution >= 4 is 33.4 Å². The van der Waals surface area contributed by atoms with Gasteiger partial charge in [-0.15, -0.1) is 0 Å². The number of methoxy groups -OCH3 is 3. The molecule has 0 unspecified atom stereocenters. The predicted octanol–water partition coefficient (Wildman–Crippen LogP) is 2.41. The summed E-state index contributed by atoms with van der Waals surface area (Å²) in [6.45, 7) is 3.80. The van der Waals surface area contributed by atoms with Gasteiger partial charge >= 0.3 is 5.97 Å². The minimum absolute atomic E-state index is 0.124. The van der Waals surface area contributed by atoms with Crippen LogP contribution in [0.2, 0.25) is 0 Å². The maximum atomic E-state index is 12.7. The lowest BCUT2D eigenvalue weighted by Gasteiger charge is -2.09. The molecule has 0 fully saturated rings. The first kappa shape index (κ1) is 20.6. The van der Waals surface area contributed by atoms with Crippen molar-refractivity contribution in [2.24, 2.45) is 4.99 Å². The molecule has 0 bridgehead atoms. The van der Waals surface area contributed by atoms with Gasteiger partial charge in [0, 0.05) is 12.2 Å². The molecular weight excluding hydrogens is 396 g/mol. The van der Waals surface area contributed by atoms with Crippen molar-refractivity contribution in [1.29, 1.82) is 0 Å². The first-order valence-electron chi connectivity index (χ1n) is 8.85. The molecule has 0 saturated heterocycles. The fourth-order valence-electron chi connectivity index (χ4n) is 2.76. The van der Waals surface area contributed by atoms with Gasteiger partial charge in [0.2, 0.25) is 0 Å². The van der Waals surface area contributed by atoms with Gasteiger partial charge in [0.25, 0.3) is 5.91 Å². The van der Waals surface area contributed by atoms with Gasteiger partial charge in [-0.05, 0) is 32.0 Å². The van der Waals surface area contributed by atoms with Gasteiger partial charge in [-0.1, -0.05) is 11.3 Å². The largest absolute Gasteiger partial charge is 0.495 e. The second kappa shape index (κ2) is 8.48. The number of esters is 1. The molecule has 0 spiro atoms. The minimum atomic E-state index is -0.507. The number of amides is 1. The summed E-state index contributed by atoms with van der Waals surface area (Å²) in [6.07, 6.45) is 1.73. The van der Waals surface area contributed by atoms with E-state index in [4.69, 9.17) is 14.2 Å². The van der Waals surface area contributed by atoms with Crippen LogP contribution in [-0.4, -0.2) is 47.6 Å². The molecule has 1 aromatic carbocycles. The van der Waals surface area contributed by atoms with E-state index in [1.807, 2.05) is 13.8 Å². The van der Waals surface area contributed by atoms with Crippen LogP contribution in [0.5, 0.6) is 11.5 Å². The average Bonchev–Trinajstić information content (AvgIpc) is 3.33. The molecule has 2 heterocycles. The molecule has 0 aliphatic carbocycles. The molecule has 3 aromatic rings. The molecule has 2 aromatic heterocycles. The molecule has 154 valence electrons. The Morgan fingerprint density at radius 1 is 1.14 bits per heavy atom. The second-order valence-corrected chi connectivity index (χ2v) is 7.36. The van der Waals surface area contributed by atoms with Crippen molar-refractivity contribution < 1.29 is 23.8 Å². The number of rotatable bonds is 6. The highest BCUT2D eigenvalue weighted by Gasteiger charge is 2.19. The summed E-state index contributed by atoms with van der Waals surface area (Å²) in [5.74, 6) is 0.126. The van der Waals surface area contributed by atoms with Crippen LogP contribution in [0.25, 0.3) is 10.2 Å². The van der Waals surface area contributed by atoms with E-state index in [-0.39, 0.29) is 18.3 Å². The summed E-state index contributed by atoms with van der Waals surface area (Å²) < 4.78 is 19.7. The number of hydrogen-bond donors (Lipinski definition) is 0. The zero-order chi connectivity index (χ0) is 21.1. The standard InChI is InChI=1S/C19H22N4O5S/c1-11(2)23-9-8-12(21-23)18(25)20-19-22(10-15(24)28-5)16-13(26-3)6-7-14(27-4)17(16)29-19/h6-9,11H,10H2,1-5H3. The second-order valence-electron chi connectivity index (χ2n) is 6.39. The summed E-state index contributed by atoms with van der Waals surface area (Å²) in [5, 5.41) is 4.26. The van der Waals surface area contributed by atoms with E-state index in [1.165, 1.54) is 25.6 Å². The molecule has 29 heavy (non-hydrogen) atoms. The normalized spacial score (nSPS) is 11.9. The third kappa shape index (κ3) is 4.02. The Morgan fingerprint density at radius 3 is 2.41 bits per heavy atom. The van der Waals surface area contributed by atoms with Gasteiger partial charge in [-0.25, -0.2) is 0 Å². The third-order valence-corrected chi connectivity index (χ3v) is 5.35. The van der Waals surface area contributed by atoms with Crippen LogP contribution in [0.15, 0.2) is 29.4 Å². The molecule has 3 rings (SSSR count). The Morgan fingerprint density at radius 2 is 1.83 bits per heavy atom. The van der Waals surface area contributed by atoms with Crippen LogP contribution in [0.3, 0.4) is 0 Å². The first-order chi connectivity index (χ1) is 13.9. The quantitative estimate of drug-likeness (QED) is 0.571. The molecule has 10 heteroatoms. The van der Waals surface area contributed by atoms with E-state index in [2.05, 4.69) is 10.1 Å². The van der Waals surface area contributed by atoms with Gasteiger partial charge in [0.15, 0.2) is 10.5 Å². The zero-order valence-corrected chi connectivity index (χ0v) is 17.6. The van der Waals surface area contributed by atoms with E-state index in [0.29, 0.717) is 26.5 Å². The lowest BCUT2D eigenvalue weighted by molar-refractivity contribution is -0.141. The lowest BCUT2D eigenvalue weighted by atomic mass is 10.3. The van der Waals surface area contributed by atoms with Gasteiger partial charge in [0.05, 0.1) is 21.3 Å². The van der Waals surface area contributed by atoms with Gasteiger partial charge in [0.1, 0.15) is 28.3 Å². The fourth-order valence-corrected chi connectivity index (χ4v) is 3.90. The van der Waals surface area contributed by atoms with E-state index in [9.17, 15) is 9.59 Å². The van der Waals surface area contributed by atoms with E-state index < -0.39 is 11.9 Å². The maximum absolute atomic E-state index is 12.7. The molecule has 0 saturated carbocycles. The summed E-state index contributed by atoms with van der Waals surface area (Å²) in [4.78, 5) is 29.3. The highest BCUT2D eigenvalue weighted by molar-refractivity contribution is 7.16. The Balaban J connectivity index is 2.21. The van der Waals surface area contributed by atoms with Crippen LogP contribution in [-0.2, 0) is 16.1 Å². The van der Waals surface area contributed by atoms with Gasteiger partial charge in [-0.2, -0.15) is 10.1 Å². The van der Waals surface area contributed by atoms with Crippen molar-refractivity contribution in [1.82, 2.24) is 14.3 Å². The van der Waals surface area contributed by atoms with E-state index in [0.717, 1.165) is 0 Å². The molecule has 0 atom stereocenters. The van der Waals surface area contributed by atoms with Crippen LogP contribution in [0.1, 0.15) is 30.4 Å². The number of thiazole rings is 1. The molecule has 0 N–H and O–H groups in total. The number of carbonyl (C=O) groups excluding carboxylic acids is 2. The maximum Gasteiger partial charge on any atom is 0.325 e. The molecule has 0 aliphatic heterocycles. The summed E-state index contributed by atoms with van der Waals surface area (Å²) in [7, 11) is 4.38. The summed E-state index contributed by atoms with van der Waals surface area (Å²) in [5.41, 5.74) is 0.821. The minimum Gasteiger partial charge on any atom is -0.495 e. The van der Waals surface area contributed by atoms with Gasteiger partial charge < -0.3 is 18.8 Å². The van der Waals surface area contributed by atoms with Crippen LogP contribution in [0, 0.1) is 0 Å². The SMILES string of the molecule is COC(=O)Cn1c(=NC(=O)c2ccn(C(C)C)n2)sc2c(OC)ccc(OC)c21. The van der Waals surface area contributed by atoms with Crippen LogP contribution >= 0.6 is 11.3 Å². The highest BCUT2D eigenvalue weighted by atomic mass is 32.1. The Hall–Kier alpha value is -3.14. The molecule has 1 amide bonds. The predicted molar refractivity (Wildman–Crippen MR) is 107 cm³/mol. The number of carbonyl (C=O) groups is 2.